The lowest BCUT2D eigenvalue weighted by atomic mass is 10.1. The van der Waals surface area contributed by atoms with Crippen molar-refractivity contribution in [3.05, 3.63) is 29.8 Å². The number of anilines is 1. The van der Waals surface area contributed by atoms with Crippen LogP contribution in [-0.2, 0) is 11.2 Å². The number of hydrogen-bond acceptors (Lipinski definition) is 2. The van der Waals surface area contributed by atoms with Crippen LogP contribution in [0.1, 0.15) is 32.3 Å². The Labute approximate surface area is 125 Å². The summed E-state index contributed by atoms with van der Waals surface area (Å²) in [6.07, 6.45) is 2.10. The maximum atomic E-state index is 12.4. The fourth-order valence-electron chi connectivity index (χ4n) is 2.31. The van der Waals surface area contributed by atoms with Crippen LogP contribution in [0.4, 0.5) is 10.5 Å². The van der Waals surface area contributed by atoms with E-state index in [0.29, 0.717) is 23.2 Å². The smallest absolute Gasteiger partial charge is 0.322 e. The van der Waals surface area contributed by atoms with E-state index in [9.17, 15) is 9.59 Å². The van der Waals surface area contributed by atoms with Crippen molar-refractivity contribution in [2.24, 2.45) is 5.92 Å². The molecule has 2 amide bonds. The van der Waals surface area contributed by atoms with Crippen LogP contribution in [0.15, 0.2) is 24.3 Å². The molecule has 1 aliphatic carbocycles. The van der Waals surface area contributed by atoms with E-state index in [1.165, 1.54) is 0 Å². The van der Waals surface area contributed by atoms with Gasteiger partial charge in [0.05, 0.1) is 6.42 Å². The summed E-state index contributed by atoms with van der Waals surface area (Å²) in [7, 11) is 0. The van der Waals surface area contributed by atoms with E-state index in [1.807, 2.05) is 4.90 Å². The SMILES string of the molecule is CC(C)CN(C(=O)Nc1cccc(CC(=O)O)c1)C1CC1. The van der Waals surface area contributed by atoms with Crippen molar-refractivity contribution in [1.82, 2.24) is 4.90 Å². The second-order valence-electron chi connectivity index (χ2n) is 5.98. The van der Waals surface area contributed by atoms with Crippen LogP contribution in [0.2, 0.25) is 0 Å². The van der Waals surface area contributed by atoms with Gasteiger partial charge in [-0.25, -0.2) is 4.79 Å². The van der Waals surface area contributed by atoms with E-state index in [1.54, 1.807) is 24.3 Å². The molecule has 1 aromatic carbocycles. The topological polar surface area (TPSA) is 69.6 Å². The molecule has 0 spiro atoms. The van der Waals surface area contributed by atoms with Crippen LogP contribution in [-0.4, -0.2) is 34.6 Å². The molecule has 0 radical (unpaired) electrons. The van der Waals surface area contributed by atoms with Crippen LogP contribution in [0.5, 0.6) is 0 Å². The molecule has 0 saturated heterocycles. The van der Waals surface area contributed by atoms with Crippen molar-refractivity contribution >= 4 is 17.7 Å². The van der Waals surface area contributed by atoms with E-state index in [2.05, 4.69) is 19.2 Å². The zero-order valence-corrected chi connectivity index (χ0v) is 12.5. The molecular weight excluding hydrogens is 268 g/mol. The highest BCUT2D eigenvalue weighted by molar-refractivity contribution is 5.90. The van der Waals surface area contributed by atoms with Crippen molar-refractivity contribution in [1.29, 1.82) is 0 Å². The first-order valence-corrected chi connectivity index (χ1v) is 7.34. The second kappa shape index (κ2) is 6.61. The largest absolute Gasteiger partial charge is 0.481 e. The molecule has 0 unspecified atom stereocenters. The van der Waals surface area contributed by atoms with Gasteiger partial charge in [-0.1, -0.05) is 26.0 Å². The number of benzene rings is 1. The lowest BCUT2D eigenvalue weighted by Gasteiger charge is -2.24. The van der Waals surface area contributed by atoms with Crippen molar-refractivity contribution in [3.8, 4) is 0 Å². The summed E-state index contributed by atoms with van der Waals surface area (Å²) in [5.74, 6) is -0.451. The summed E-state index contributed by atoms with van der Waals surface area (Å²) in [6, 6.07) is 7.26. The molecule has 114 valence electrons. The van der Waals surface area contributed by atoms with Gasteiger partial charge in [-0.2, -0.15) is 0 Å². The lowest BCUT2D eigenvalue weighted by Crippen LogP contribution is -2.39. The van der Waals surface area contributed by atoms with Crippen LogP contribution < -0.4 is 5.32 Å². The van der Waals surface area contributed by atoms with E-state index in [-0.39, 0.29) is 12.5 Å². The normalized spacial score (nSPS) is 14.0. The van der Waals surface area contributed by atoms with Gasteiger partial charge >= 0.3 is 12.0 Å². The minimum atomic E-state index is -0.877. The van der Waals surface area contributed by atoms with E-state index in [0.717, 1.165) is 19.4 Å². The van der Waals surface area contributed by atoms with Gasteiger partial charge in [0.2, 0.25) is 0 Å². The van der Waals surface area contributed by atoms with Gasteiger partial charge in [-0.3, -0.25) is 4.79 Å². The quantitative estimate of drug-likeness (QED) is 0.846. The van der Waals surface area contributed by atoms with Crippen molar-refractivity contribution in [2.75, 3.05) is 11.9 Å². The Balaban J connectivity index is 2.02. The predicted molar refractivity (Wildman–Crippen MR) is 81.4 cm³/mol. The van der Waals surface area contributed by atoms with Gasteiger partial charge in [-0.05, 0) is 36.5 Å². The average molecular weight is 290 g/mol. The third-order valence-corrected chi connectivity index (χ3v) is 3.34. The molecule has 0 atom stereocenters. The Hall–Kier alpha value is -2.04. The maximum Gasteiger partial charge on any atom is 0.322 e. The summed E-state index contributed by atoms with van der Waals surface area (Å²) >= 11 is 0. The number of aliphatic carboxylic acids is 1. The first-order valence-electron chi connectivity index (χ1n) is 7.34. The van der Waals surface area contributed by atoms with Crippen LogP contribution in [0.3, 0.4) is 0 Å². The third kappa shape index (κ3) is 4.77. The molecule has 1 fully saturated rings. The number of rotatable bonds is 6. The third-order valence-electron chi connectivity index (χ3n) is 3.34. The van der Waals surface area contributed by atoms with Crippen LogP contribution in [0, 0.1) is 5.92 Å². The number of nitrogens with zero attached hydrogens (tertiary/aromatic N) is 1. The van der Waals surface area contributed by atoms with E-state index >= 15 is 0 Å². The standard InChI is InChI=1S/C16H22N2O3/c1-11(2)10-18(14-6-7-14)16(21)17-13-5-3-4-12(8-13)9-15(19)20/h3-5,8,11,14H,6-7,9-10H2,1-2H3,(H,17,21)(H,19,20). The molecule has 0 aliphatic heterocycles. The number of carboxylic acid groups (broad SMARTS) is 1. The first-order chi connectivity index (χ1) is 9.95. The van der Waals surface area contributed by atoms with Crippen LogP contribution >= 0.6 is 0 Å². The molecule has 21 heavy (non-hydrogen) atoms. The summed E-state index contributed by atoms with van der Waals surface area (Å²) in [5, 5.41) is 11.7. The number of hydrogen-bond donors (Lipinski definition) is 2. The Morgan fingerprint density at radius 2 is 2.10 bits per heavy atom. The van der Waals surface area contributed by atoms with Crippen molar-refractivity contribution in [2.45, 2.75) is 39.2 Å². The molecule has 0 aromatic heterocycles. The first kappa shape index (κ1) is 15.4. The monoisotopic (exact) mass is 290 g/mol. The highest BCUT2D eigenvalue weighted by atomic mass is 16.4. The Kier molecular flexibility index (Phi) is 4.83. The number of carbonyl (C=O) groups excluding carboxylic acids is 1. The van der Waals surface area contributed by atoms with E-state index < -0.39 is 5.97 Å². The van der Waals surface area contributed by atoms with E-state index in [4.69, 9.17) is 5.11 Å². The number of urea groups is 1. The molecule has 0 heterocycles. The van der Waals surface area contributed by atoms with Gasteiger partial charge in [0.25, 0.3) is 0 Å². The molecule has 5 heteroatoms. The fraction of sp³-hybridized carbons (Fsp3) is 0.500. The minimum absolute atomic E-state index is 0.0396. The maximum absolute atomic E-state index is 12.4. The Morgan fingerprint density at radius 1 is 1.38 bits per heavy atom. The van der Waals surface area contributed by atoms with Gasteiger partial charge < -0.3 is 15.3 Å². The second-order valence-corrected chi connectivity index (χ2v) is 5.98. The minimum Gasteiger partial charge on any atom is -0.481 e. The number of amides is 2. The summed E-state index contributed by atoms with van der Waals surface area (Å²) < 4.78 is 0. The molecular formula is C16H22N2O3. The zero-order chi connectivity index (χ0) is 15.4. The molecule has 1 saturated carbocycles. The van der Waals surface area contributed by atoms with Gasteiger partial charge in [0, 0.05) is 18.3 Å². The molecule has 2 N–H and O–H groups in total. The molecule has 2 rings (SSSR count). The average Bonchev–Trinajstić information content (AvgIpc) is 3.19. The Morgan fingerprint density at radius 3 is 2.67 bits per heavy atom. The van der Waals surface area contributed by atoms with Crippen molar-refractivity contribution in [3.63, 3.8) is 0 Å². The summed E-state index contributed by atoms with van der Waals surface area (Å²) in [4.78, 5) is 25.0. The fourth-order valence-corrected chi connectivity index (χ4v) is 2.31. The lowest BCUT2D eigenvalue weighted by molar-refractivity contribution is -0.136. The summed E-state index contributed by atoms with van der Waals surface area (Å²) in [5.41, 5.74) is 1.33. The predicted octanol–water partition coefficient (Wildman–Crippen LogP) is 2.97. The summed E-state index contributed by atoms with van der Waals surface area (Å²) in [6.45, 7) is 4.93. The number of nitrogens with one attached hydrogen (secondary N) is 1. The molecule has 1 aliphatic rings. The molecule has 0 bridgehead atoms. The van der Waals surface area contributed by atoms with Gasteiger partial charge in [0.1, 0.15) is 0 Å². The molecule has 5 nitrogen and oxygen atoms in total. The number of carboxylic acids is 1. The highest BCUT2D eigenvalue weighted by Gasteiger charge is 2.32. The van der Waals surface area contributed by atoms with Crippen molar-refractivity contribution < 1.29 is 14.7 Å². The Bertz CT molecular complexity index is 524. The van der Waals surface area contributed by atoms with Gasteiger partial charge in [-0.15, -0.1) is 0 Å². The highest BCUT2D eigenvalue weighted by Crippen LogP contribution is 2.28. The number of carbonyl (C=O) groups is 2. The molecule has 1 aromatic rings. The van der Waals surface area contributed by atoms with Gasteiger partial charge in [0.15, 0.2) is 0 Å². The zero-order valence-electron chi connectivity index (χ0n) is 12.5. The van der Waals surface area contributed by atoms with Crippen LogP contribution in [0.25, 0.3) is 0 Å².